The average Bonchev–Trinajstić information content (AvgIpc) is 3.12. The molecule has 96 valence electrons. The van der Waals surface area contributed by atoms with Gasteiger partial charge in [-0.3, -0.25) is 9.78 Å². The second-order valence-corrected chi connectivity index (χ2v) is 4.24. The van der Waals surface area contributed by atoms with Gasteiger partial charge in [-0.25, -0.2) is 4.79 Å². The van der Waals surface area contributed by atoms with E-state index in [1.807, 2.05) is 24.0 Å². The smallest absolute Gasteiger partial charge is 0.322 e. The highest BCUT2D eigenvalue weighted by Crippen LogP contribution is 2.54. The first-order valence-electron chi connectivity index (χ1n) is 5.89. The van der Waals surface area contributed by atoms with Crippen LogP contribution in [-0.2, 0) is 10.3 Å². The minimum Gasteiger partial charge on any atom is -0.372 e. The SMILES string of the molecule is CCN1C(=O)Nc2cccnc2C12CC2.NC=O. The highest BCUT2D eigenvalue weighted by Gasteiger charge is 2.55. The van der Waals surface area contributed by atoms with Crippen molar-refractivity contribution in [3.05, 3.63) is 24.0 Å². The Morgan fingerprint density at radius 3 is 2.83 bits per heavy atom. The zero-order chi connectivity index (χ0) is 13.2. The summed E-state index contributed by atoms with van der Waals surface area (Å²) in [5.41, 5.74) is 5.99. The van der Waals surface area contributed by atoms with Crippen LogP contribution in [0.3, 0.4) is 0 Å². The number of urea groups is 1. The molecule has 1 aliphatic heterocycles. The molecule has 0 saturated heterocycles. The van der Waals surface area contributed by atoms with E-state index in [9.17, 15) is 4.79 Å². The lowest BCUT2D eigenvalue weighted by Gasteiger charge is -2.36. The Balaban J connectivity index is 0.000000367. The number of anilines is 1. The van der Waals surface area contributed by atoms with E-state index in [1.165, 1.54) is 0 Å². The number of hydrogen-bond donors (Lipinski definition) is 2. The Labute approximate surface area is 105 Å². The lowest BCUT2D eigenvalue weighted by molar-refractivity contribution is -0.106. The molecule has 0 atom stereocenters. The quantitative estimate of drug-likeness (QED) is 0.728. The van der Waals surface area contributed by atoms with Crippen LogP contribution in [0.1, 0.15) is 25.5 Å². The van der Waals surface area contributed by atoms with Crippen LogP contribution in [0.5, 0.6) is 0 Å². The van der Waals surface area contributed by atoms with Gasteiger partial charge in [0, 0.05) is 12.7 Å². The molecule has 6 nitrogen and oxygen atoms in total. The summed E-state index contributed by atoms with van der Waals surface area (Å²) in [6, 6.07) is 3.79. The largest absolute Gasteiger partial charge is 0.372 e. The number of amides is 3. The van der Waals surface area contributed by atoms with Crippen LogP contribution < -0.4 is 11.1 Å². The standard InChI is InChI=1S/C11H13N3O.CH3NO/c1-2-14-10(15)13-8-4-3-7-12-9(8)11(14)5-6-11;2-1-3/h3-4,7H,2,5-6H2,1H3,(H,13,15);1H,(H2,2,3). The normalized spacial score (nSPS) is 18.3. The summed E-state index contributed by atoms with van der Waals surface area (Å²) in [7, 11) is 0. The summed E-state index contributed by atoms with van der Waals surface area (Å²) < 4.78 is 0. The monoisotopic (exact) mass is 248 g/mol. The molecule has 0 bridgehead atoms. The van der Waals surface area contributed by atoms with E-state index in [1.54, 1.807) is 6.20 Å². The number of rotatable bonds is 1. The summed E-state index contributed by atoms with van der Waals surface area (Å²) in [6.07, 6.45) is 4.13. The Morgan fingerprint density at radius 2 is 2.28 bits per heavy atom. The molecule has 1 fully saturated rings. The van der Waals surface area contributed by atoms with Gasteiger partial charge in [-0.1, -0.05) is 0 Å². The van der Waals surface area contributed by atoms with Crippen LogP contribution in [-0.4, -0.2) is 28.9 Å². The molecule has 0 radical (unpaired) electrons. The summed E-state index contributed by atoms with van der Waals surface area (Å²) in [5, 5.41) is 2.88. The summed E-state index contributed by atoms with van der Waals surface area (Å²) in [4.78, 5) is 26.7. The minimum atomic E-state index is -0.0896. The Morgan fingerprint density at radius 1 is 1.61 bits per heavy atom. The highest BCUT2D eigenvalue weighted by molar-refractivity contribution is 5.93. The maximum absolute atomic E-state index is 11.8. The molecule has 2 heterocycles. The number of fused-ring (bicyclic) bond motifs is 2. The molecule has 6 heteroatoms. The Kier molecular flexibility index (Phi) is 3.18. The number of nitrogens with one attached hydrogen (secondary N) is 1. The van der Waals surface area contributed by atoms with Crippen molar-refractivity contribution in [1.82, 2.24) is 9.88 Å². The van der Waals surface area contributed by atoms with E-state index >= 15 is 0 Å². The van der Waals surface area contributed by atoms with Crippen molar-refractivity contribution >= 4 is 18.1 Å². The number of nitrogens with two attached hydrogens (primary N) is 1. The van der Waals surface area contributed by atoms with Gasteiger partial charge in [0.15, 0.2) is 0 Å². The van der Waals surface area contributed by atoms with Gasteiger partial charge in [0.2, 0.25) is 6.41 Å². The molecule has 1 saturated carbocycles. The molecule has 1 spiro atoms. The number of nitrogens with zero attached hydrogens (tertiary/aromatic N) is 2. The molecule has 1 aromatic rings. The lowest BCUT2D eigenvalue weighted by Crippen LogP contribution is -2.47. The lowest BCUT2D eigenvalue weighted by atomic mass is 10.1. The molecule has 3 amide bonds. The molecular formula is C12H16N4O2. The molecule has 2 aliphatic rings. The maximum Gasteiger partial charge on any atom is 0.322 e. The van der Waals surface area contributed by atoms with Crippen LogP contribution >= 0.6 is 0 Å². The van der Waals surface area contributed by atoms with E-state index in [0.29, 0.717) is 0 Å². The van der Waals surface area contributed by atoms with Gasteiger partial charge in [0.25, 0.3) is 0 Å². The predicted octanol–water partition coefficient (Wildman–Crippen LogP) is 1.04. The Hall–Kier alpha value is -2.11. The van der Waals surface area contributed by atoms with Crippen molar-refractivity contribution in [3.8, 4) is 0 Å². The molecule has 0 unspecified atom stereocenters. The molecule has 1 aliphatic carbocycles. The topological polar surface area (TPSA) is 88.3 Å². The van der Waals surface area contributed by atoms with Crippen LogP contribution in [0, 0.1) is 0 Å². The average molecular weight is 248 g/mol. The van der Waals surface area contributed by atoms with Crippen LogP contribution in [0.25, 0.3) is 0 Å². The van der Waals surface area contributed by atoms with Gasteiger partial charge in [0.1, 0.15) is 0 Å². The Bertz CT molecular complexity index is 471. The second kappa shape index (κ2) is 4.64. The zero-order valence-corrected chi connectivity index (χ0v) is 10.2. The maximum atomic E-state index is 11.8. The van der Waals surface area contributed by atoms with Crippen molar-refractivity contribution in [1.29, 1.82) is 0 Å². The highest BCUT2D eigenvalue weighted by atomic mass is 16.2. The first-order chi connectivity index (χ1) is 8.69. The fraction of sp³-hybridized carbons (Fsp3) is 0.417. The first kappa shape index (κ1) is 12.3. The van der Waals surface area contributed by atoms with E-state index in [-0.39, 0.29) is 18.0 Å². The van der Waals surface area contributed by atoms with E-state index in [2.05, 4.69) is 16.0 Å². The number of primary amides is 1. The fourth-order valence-corrected chi connectivity index (χ4v) is 2.45. The third-order valence-electron chi connectivity index (χ3n) is 3.29. The van der Waals surface area contributed by atoms with E-state index < -0.39 is 0 Å². The van der Waals surface area contributed by atoms with Gasteiger partial charge in [0.05, 0.1) is 16.9 Å². The van der Waals surface area contributed by atoms with E-state index in [4.69, 9.17) is 4.79 Å². The molecule has 3 N–H and O–H groups in total. The fourth-order valence-electron chi connectivity index (χ4n) is 2.45. The van der Waals surface area contributed by atoms with Crippen molar-refractivity contribution < 1.29 is 9.59 Å². The number of carbonyl (C=O) groups excluding carboxylic acids is 2. The molecule has 1 aromatic heterocycles. The van der Waals surface area contributed by atoms with Crippen LogP contribution in [0.15, 0.2) is 18.3 Å². The number of hydrogen-bond acceptors (Lipinski definition) is 3. The van der Waals surface area contributed by atoms with Gasteiger partial charge >= 0.3 is 6.03 Å². The molecule has 18 heavy (non-hydrogen) atoms. The zero-order valence-electron chi connectivity index (χ0n) is 10.2. The summed E-state index contributed by atoms with van der Waals surface area (Å²) in [6.45, 7) is 2.75. The third-order valence-corrected chi connectivity index (χ3v) is 3.29. The number of aromatic nitrogens is 1. The summed E-state index contributed by atoms with van der Waals surface area (Å²) >= 11 is 0. The van der Waals surface area contributed by atoms with Gasteiger partial charge in [-0.15, -0.1) is 0 Å². The van der Waals surface area contributed by atoms with Crippen molar-refractivity contribution in [2.75, 3.05) is 11.9 Å². The van der Waals surface area contributed by atoms with Gasteiger partial charge < -0.3 is 16.0 Å². The van der Waals surface area contributed by atoms with Crippen LogP contribution in [0.2, 0.25) is 0 Å². The van der Waals surface area contributed by atoms with Gasteiger partial charge in [-0.2, -0.15) is 0 Å². The summed E-state index contributed by atoms with van der Waals surface area (Å²) in [5.74, 6) is 0. The van der Waals surface area contributed by atoms with Crippen molar-refractivity contribution in [2.45, 2.75) is 25.3 Å². The van der Waals surface area contributed by atoms with Crippen molar-refractivity contribution in [2.24, 2.45) is 5.73 Å². The molecule has 3 rings (SSSR count). The molecule has 0 aromatic carbocycles. The third kappa shape index (κ3) is 1.79. The van der Waals surface area contributed by atoms with Gasteiger partial charge in [-0.05, 0) is 31.9 Å². The second-order valence-electron chi connectivity index (χ2n) is 4.24. The van der Waals surface area contributed by atoms with Crippen LogP contribution in [0.4, 0.5) is 10.5 Å². The van der Waals surface area contributed by atoms with Crippen molar-refractivity contribution in [3.63, 3.8) is 0 Å². The predicted molar refractivity (Wildman–Crippen MR) is 66.8 cm³/mol. The van der Waals surface area contributed by atoms with E-state index in [0.717, 1.165) is 30.8 Å². The first-order valence-corrected chi connectivity index (χ1v) is 5.89. The molecular weight excluding hydrogens is 232 g/mol. The number of carbonyl (C=O) groups is 2. The number of pyridine rings is 1. The minimum absolute atomic E-state index is 0.00972.